The van der Waals surface area contributed by atoms with E-state index in [2.05, 4.69) is 26.8 Å². The molecule has 0 unspecified atom stereocenters. The molecule has 0 radical (unpaired) electrons. The molecule has 0 aliphatic heterocycles. The molecule has 0 bridgehead atoms. The van der Waals surface area contributed by atoms with Gasteiger partial charge in [-0.15, -0.1) is 6.42 Å². The van der Waals surface area contributed by atoms with Crippen LogP contribution in [0.3, 0.4) is 0 Å². The molecule has 0 saturated carbocycles. The molecule has 0 aliphatic carbocycles. The van der Waals surface area contributed by atoms with Crippen molar-refractivity contribution in [1.82, 2.24) is 9.38 Å². The van der Waals surface area contributed by atoms with Crippen LogP contribution in [0.1, 0.15) is 11.3 Å². The van der Waals surface area contributed by atoms with Gasteiger partial charge in [-0.3, -0.25) is 0 Å². The maximum absolute atomic E-state index is 5.26. The number of halogens is 1. The lowest BCUT2D eigenvalue weighted by Gasteiger charge is -1.97. The normalized spacial score (nSPS) is 10.2. The van der Waals surface area contributed by atoms with Gasteiger partial charge in [0.1, 0.15) is 11.3 Å². The molecule has 0 N–H and O–H groups in total. The smallest absolute Gasteiger partial charge is 0.141 e. The number of terminal acetylenes is 1. The Morgan fingerprint density at radius 2 is 2.31 bits per heavy atom. The second-order valence-electron chi connectivity index (χ2n) is 2.84. The molecule has 64 valence electrons. The summed E-state index contributed by atoms with van der Waals surface area (Å²) in [4.78, 5) is 4.28. The highest BCUT2D eigenvalue weighted by Gasteiger charge is 2.02. The van der Waals surface area contributed by atoms with E-state index < -0.39 is 0 Å². The minimum Gasteiger partial charge on any atom is -0.304 e. The van der Waals surface area contributed by atoms with Gasteiger partial charge in [-0.05, 0) is 40.4 Å². The van der Waals surface area contributed by atoms with Crippen LogP contribution in [0.4, 0.5) is 0 Å². The lowest BCUT2D eigenvalue weighted by Crippen LogP contribution is -1.86. The van der Waals surface area contributed by atoms with Crippen molar-refractivity contribution in [3.8, 4) is 12.3 Å². The van der Waals surface area contributed by atoms with Gasteiger partial charge in [0.15, 0.2) is 0 Å². The van der Waals surface area contributed by atoms with Gasteiger partial charge in [0, 0.05) is 16.9 Å². The summed E-state index contributed by atoms with van der Waals surface area (Å²) in [6, 6.07) is 2.02. The molecule has 2 heterocycles. The molecule has 2 nitrogen and oxygen atoms in total. The monoisotopic (exact) mass is 234 g/mol. The second kappa shape index (κ2) is 2.90. The van der Waals surface area contributed by atoms with Crippen LogP contribution in [0.2, 0.25) is 0 Å². The minimum atomic E-state index is 0.668. The van der Waals surface area contributed by atoms with Gasteiger partial charge in [-0.25, -0.2) is 4.98 Å². The fourth-order valence-electron chi connectivity index (χ4n) is 1.29. The number of hydrogen-bond acceptors (Lipinski definition) is 1. The maximum Gasteiger partial charge on any atom is 0.141 e. The van der Waals surface area contributed by atoms with Gasteiger partial charge in [0.05, 0.1) is 0 Å². The number of imidazole rings is 1. The van der Waals surface area contributed by atoms with E-state index in [-0.39, 0.29) is 0 Å². The van der Waals surface area contributed by atoms with E-state index in [1.165, 1.54) is 0 Å². The number of nitrogens with zero attached hydrogens (tertiary/aromatic N) is 2. The summed E-state index contributed by atoms with van der Waals surface area (Å²) < 4.78 is 2.95. The first kappa shape index (κ1) is 8.33. The van der Waals surface area contributed by atoms with Crippen molar-refractivity contribution >= 4 is 21.6 Å². The van der Waals surface area contributed by atoms with E-state index in [1.807, 2.05) is 29.8 Å². The number of hydrogen-bond donors (Lipinski definition) is 0. The predicted molar refractivity (Wildman–Crippen MR) is 55.6 cm³/mol. The molecule has 0 amide bonds. The van der Waals surface area contributed by atoms with Crippen LogP contribution < -0.4 is 0 Å². The summed E-state index contributed by atoms with van der Waals surface area (Å²) in [6.45, 7) is 2.01. The SMILES string of the molecule is C#Cc1cn2cc(Br)cc(C)c2n1. The van der Waals surface area contributed by atoms with Crippen LogP contribution in [0.5, 0.6) is 0 Å². The lowest BCUT2D eigenvalue weighted by molar-refractivity contribution is 1.15. The molecule has 0 spiro atoms. The Labute approximate surface area is 84.7 Å². The van der Waals surface area contributed by atoms with Crippen LogP contribution in [0, 0.1) is 19.3 Å². The van der Waals surface area contributed by atoms with Crippen molar-refractivity contribution in [2.45, 2.75) is 6.92 Å². The van der Waals surface area contributed by atoms with Crippen LogP contribution in [0.25, 0.3) is 5.65 Å². The van der Waals surface area contributed by atoms with Crippen molar-refractivity contribution in [2.24, 2.45) is 0 Å². The van der Waals surface area contributed by atoms with E-state index in [0.29, 0.717) is 5.69 Å². The molecular formula is C10H7BrN2. The molecular weight excluding hydrogens is 228 g/mol. The third kappa shape index (κ3) is 1.34. The van der Waals surface area contributed by atoms with E-state index in [9.17, 15) is 0 Å². The zero-order valence-corrected chi connectivity index (χ0v) is 8.67. The van der Waals surface area contributed by atoms with Gasteiger partial charge in [-0.1, -0.05) is 0 Å². The van der Waals surface area contributed by atoms with Crippen molar-refractivity contribution in [1.29, 1.82) is 0 Å². The molecule has 3 heteroatoms. The molecule has 13 heavy (non-hydrogen) atoms. The topological polar surface area (TPSA) is 17.3 Å². The van der Waals surface area contributed by atoms with Gasteiger partial charge < -0.3 is 4.40 Å². The summed E-state index contributed by atoms with van der Waals surface area (Å²) >= 11 is 3.41. The van der Waals surface area contributed by atoms with Gasteiger partial charge in [0.2, 0.25) is 0 Å². The number of aryl methyl sites for hydroxylation is 1. The number of rotatable bonds is 0. The zero-order chi connectivity index (χ0) is 9.42. The van der Waals surface area contributed by atoms with E-state index in [1.54, 1.807) is 0 Å². The first-order chi connectivity index (χ1) is 6.20. The Morgan fingerprint density at radius 1 is 1.54 bits per heavy atom. The Hall–Kier alpha value is -1.27. The summed E-state index contributed by atoms with van der Waals surface area (Å²) in [6.07, 6.45) is 9.05. The third-order valence-electron chi connectivity index (χ3n) is 1.85. The average molecular weight is 235 g/mol. The molecule has 0 aliphatic rings. The fraction of sp³-hybridized carbons (Fsp3) is 0.100. The predicted octanol–water partition coefficient (Wildman–Crippen LogP) is 2.39. The third-order valence-corrected chi connectivity index (χ3v) is 2.28. The maximum atomic E-state index is 5.26. The lowest BCUT2D eigenvalue weighted by atomic mass is 10.3. The van der Waals surface area contributed by atoms with Gasteiger partial charge >= 0.3 is 0 Å². The minimum absolute atomic E-state index is 0.668. The number of aromatic nitrogens is 2. The van der Waals surface area contributed by atoms with Gasteiger partial charge in [-0.2, -0.15) is 0 Å². The Morgan fingerprint density at radius 3 is 3.00 bits per heavy atom. The summed E-state index contributed by atoms with van der Waals surface area (Å²) in [5.74, 6) is 2.52. The number of fused-ring (bicyclic) bond motifs is 1. The van der Waals surface area contributed by atoms with Crippen LogP contribution in [-0.2, 0) is 0 Å². The van der Waals surface area contributed by atoms with E-state index in [0.717, 1.165) is 15.7 Å². The first-order valence-electron chi connectivity index (χ1n) is 3.82. The summed E-state index contributed by atoms with van der Waals surface area (Å²) in [5.41, 5.74) is 2.69. The standard InChI is InChI=1S/C10H7BrN2/c1-3-9-6-13-5-8(11)4-7(2)10(13)12-9/h1,4-6H,2H3. The molecule has 0 saturated heterocycles. The highest BCUT2D eigenvalue weighted by molar-refractivity contribution is 9.10. The van der Waals surface area contributed by atoms with Crippen LogP contribution >= 0.6 is 15.9 Å². The molecule has 0 aromatic carbocycles. The Kier molecular flexibility index (Phi) is 1.86. The van der Waals surface area contributed by atoms with E-state index in [4.69, 9.17) is 6.42 Å². The first-order valence-corrected chi connectivity index (χ1v) is 4.61. The fourth-order valence-corrected chi connectivity index (χ4v) is 1.86. The number of pyridine rings is 1. The highest BCUT2D eigenvalue weighted by Crippen LogP contribution is 2.16. The molecule has 2 rings (SSSR count). The van der Waals surface area contributed by atoms with Crippen molar-refractivity contribution in [3.05, 3.63) is 34.2 Å². The Balaban J connectivity index is 2.84. The zero-order valence-electron chi connectivity index (χ0n) is 7.08. The van der Waals surface area contributed by atoms with Crippen LogP contribution in [-0.4, -0.2) is 9.38 Å². The Bertz CT molecular complexity index is 505. The van der Waals surface area contributed by atoms with Crippen molar-refractivity contribution in [3.63, 3.8) is 0 Å². The average Bonchev–Trinajstić information content (AvgIpc) is 2.47. The van der Waals surface area contributed by atoms with Crippen LogP contribution in [0.15, 0.2) is 22.9 Å². The summed E-state index contributed by atoms with van der Waals surface area (Å²) in [7, 11) is 0. The van der Waals surface area contributed by atoms with Gasteiger partial charge in [0.25, 0.3) is 0 Å². The van der Waals surface area contributed by atoms with Crippen molar-refractivity contribution in [2.75, 3.05) is 0 Å². The summed E-state index contributed by atoms with van der Waals surface area (Å²) in [5, 5.41) is 0. The molecule has 2 aromatic heterocycles. The molecule has 2 aromatic rings. The van der Waals surface area contributed by atoms with Crippen molar-refractivity contribution < 1.29 is 0 Å². The largest absolute Gasteiger partial charge is 0.304 e. The molecule has 0 fully saturated rings. The molecule has 0 atom stereocenters. The van der Waals surface area contributed by atoms with E-state index >= 15 is 0 Å². The highest BCUT2D eigenvalue weighted by atomic mass is 79.9. The quantitative estimate of drug-likeness (QED) is 0.641. The second-order valence-corrected chi connectivity index (χ2v) is 3.76.